The average Bonchev–Trinajstić information content (AvgIpc) is 1.89. The number of ether oxygens (including phenoxy) is 1. The zero-order valence-electron chi connectivity index (χ0n) is 6.23. The van der Waals surface area contributed by atoms with Gasteiger partial charge in [0.25, 0.3) is 0 Å². The van der Waals surface area contributed by atoms with Crippen LogP contribution in [0.3, 0.4) is 0 Å². The Bertz CT molecular complexity index is 59.6. The van der Waals surface area contributed by atoms with Crippen molar-refractivity contribution in [2.75, 3.05) is 13.2 Å². The van der Waals surface area contributed by atoms with E-state index in [-0.39, 0.29) is 0 Å². The third kappa shape index (κ3) is 7.70. The van der Waals surface area contributed by atoms with Gasteiger partial charge in [-0.25, -0.2) is 0 Å². The Balaban J connectivity index is 2.66. The minimum atomic E-state index is 0.841. The molecule has 0 aliphatic rings. The third-order valence-electron chi connectivity index (χ3n) is 1.15. The van der Waals surface area contributed by atoms with E-state index in [9.17, 15) is 0 Å². The molecule has 0 bridgehead atoms. The van der Waals surface area contributed by atoms with E-state index in [2.05, 4.69) is 6.58 Å². The second-order valence-corrected chi connectivity index (χ2v) is 1.98. The molecule has 0 unspecified atom stereocenters. The summed E-state index contributed by atoms with van der Waals surface area (Å²) in [4.78, 5) is 0. The van der Waals surface area contributed by atoms with Crippen LogP contribution < -0.4 is 0 Å². The lowest BCUT2D eigenvalue weighted by molar-refractivity contribution is 0.143. The molecule has 0 atom stereocenters. The van der Waals surface area contributed by atoms with Gasteiger partial charge in [-0.3, -0.25) is 0 Å². The standard InChI is InChI=1S/C8H16O/c1-3-5-6-7-8-9-4-2/h3H,1,4-8H2,2H3. The lowest BCUT2D eigenvalue weighted by Gasteiger charge is -1.97. The fraction of sp³-hybridized carbons (Fsp3) is 0.750. The Labute approximate surface area is 57.7 Å². The molecular weight excluding hydrogens is 112 g/mol. The molecule has 0 saturated carbocycles. The van der Waals surface area contributed by atoms with Crippen molar-refractivity contribution < 1.29 is 4.74 Å². The molecule has 0 aliphatic carbocycles. The molecule has 0 spiro atoms. The molecule has 0 aromatic rings. The van der Waals surface area contributed by atoms with E-state index in [0.29, 0.717) is 0 Å². The number of rotatable bonds is 6. The summed E-state index contributed by atoms with van der Waals surface area (Å²) in [5.41, 5.74) is 0. The smallest absolute Gasteiger partial charge is 0.0466 e. The van der Waals surface area contributed by atoms with Crippen LogP contribution in [0.4, 0.5) is 0 Å². The van der Waals surface area contributed by atoms with Crippen LogP contribution in [0, 0.1) is 0 Å². The van der Waals surface area contributed by atoms with Gasteiger partial charge in [-0.05, 0) is 26.2 Å². The number of hydrogen-bond acceptors (Lipinski definition) is 1. The molecule has 0 fully saturated rings. The van der Waals surface area contributed by atoms with Crippen molar-refractivity contribution in [3.63, 3.8) is 0 Å². The van der Waals surface area contributed by atoms with E-state index < -0.39 is 0 Å². The van der Waals surface area contributed by atoms with Gasteiger partial charge < -0.3 is 4.74 Å². The van der Waals surface area contributed by atoms with Crippen LogP contribution in [0.2, 0.25) is 0 Å². The molecule has 9 heavy (non-hydrogen) atoms. The monoisotopic (exact) mass is 128 g/mol. The van der Waals surface area contributed by atoms with Crippen molar-refractivity contribution in [1.29, 1.82) is 0 Å². The normalized spacial score (nSPS) is 9.44. The molecule has 54 valence electrons. The van der Waals surface area contributed by atoms with E-state index in [1.807, 2.05) is 13.0 Å². The highest BCUT2D eigenvalue weighted by Gasteiger charge is 1.83. The molecule has 0 N–H and O–H groups in total. The summed E-state index contributed by atoms with van der Waals surface area (Å²) in [5, 5.41) is 0. The fourth-order valence-corrected chi connectivity index (χ4v) is 0.637. The minimum absolute atomic E-state index is 0.841. The van der Waals surface area contributed by atoms with Gasteiger partial charge in [-0.1, -0.05) is 6.08 Å². The van der Waals surface area contributed by atoms with Crippen LogP contribution in [-0.4, -0.2) is 13.2 Å². The second kappa shape index (κ2) is 7.70. The van der Waals surface area contributed by atoms with Gasteiger partial charge in [0, 0.05) is 13.2 Å². The molecule has 0 heterocycles. The van der Waals surface area contributed by atoms with Gasteiger partial charge in [0.1, 0.15) is 0 Å². The van der Waals surface area contributed by atoms with Gasteiger partial charge in [-0.2, -0.15) is 0 Å². The molecule has 0 radical (unpaired) electrons. The first-order chi connectivity index (χ1) is 4.41. The van der Waals surface area contributed by atoms with Crippen LogP contribution in [-0.2, 0) is 4.74 Å². The zero-order valence-corrected chi connectivity index (χ0v) is 6.23. The van der Waals surface area contributed by atoms with Crippen LogP contribution in [0.1, 0.15) is 26.2 Å². The first kappa shape index (κ1) is 8.70. The van der Waals surface area contributed by atoms with Gasteiger partial charge in [0.2, 0.25) is 0 Å². The van der Waals surface area contributed by atoms with Gasteiger partial charge in [-0.15, -0.1) is 6.58 Å². The summed E-state index contributed by atoms with van der Waals surface area (Å²) in [6, 6.07) is 0. The Morgan fingerprint density at radius 2 is 2.22 bits per heavy atom. The van der Waals surface area contributed by atoms with Crippen molar-refractivity contribution in [2.24, 2.45) is 0 Å². The molecule has 0 saturated heterocycles. The Morgan fingerprint density at radius 1 is 1.44 bits per heavy atom. The predicted octanol–water partition coefficient (Wildman–Crippen LogP) is 2.38. The third-order valence-corrected chi connectivity index (χ3v) is 1.15. The summed E-state index contributed by atoms with van der Waals surface area (Å²) in [5.74, 6) is 0. The number of hydrogen-bond donors (Lipinski definition) is 0. The molecule has 0 rings (SSSR count). The summed E-state index contributed by atoms with van der Waals surface area (Å²) in [6.07, 6.45) is 5.45. The van der Waals surface area contributed by atoms with Gasteiger partial charge in [0.15, 0.2) is 0 Å². The maximum absolute atomic E-state index is 5.15. The van der Waals surface area contributed by atoms with Crippen molar-refractivity contribution in [1.82, 2.24) is 0 Å². The van der Waals surface area contributed by atoms with Gasteiger partial charge >= 0.3 is 0 Å². The van der Waals surface area contributed by atoms with Crippen LogP contribution in [0.5, 0.6) is 0 Å². The second-order valence-electron chi connectivity index (χ2n) is 1.98. The quantitative estimate of drug-likeness (QED) is 0.394. The molecule has 0 aromatic heterocycles. The summed E-state index contributed by atoms with van der Waals surface area (Å²) in [7, 11) is 0. The van der Waals surface area contributed by atoms with E-state index in [4.69, 9.17) is 4.74 Å². The first-order valence-corrected chi connectivity index (χ1v) is 3.60. The van der Waals surface area contributed by atoms with Crippen molar-refractivity contribution in [2.45, 2.75) is 26.2 Å². The van der Waals surface area contributed by atoms with E-state index in [0.717, 1.165) is 19.6 Å². The van der Waals surface area contributed by atoms with E-state index >= 15 is 0 Å². The first-order valence-electron chi connectivity index (χ1n) is 3.60. The highest BCUT2D eigenvalue weighted by Crippen LogP contribution is 1.95. The molecule has 0 aromatic carbocycles. The minimum Gasteiger partial charge on any atom is -0.382 e. The summed E-state index contributed by atoms with van der Waals surface area (Å²) < 4.78 is 5.15. The van der Waals surface area contributed by atoms with E-state index in [1.54, 1.807) is 0 Å². The maximum atomic E-state index is 5.15. The van der Waals surface area contributed by atoms with Crippen LogP contribution >= 0.6 is 0 Å². The van der Waals surface area contributed by atoms with Crippen molar-refractivity contribution in [3.8, 4) is 0 Å². The largest absolute Gasteiger partial charge is 0.382 e. The van der Waals surface area contributed by atoms with Crippen molar-refractivity contribution in [3.05, 3.63) is 12.7 Å². The van der Waals surface area contributed by atoms with Crippen molar-refractivity contribution >= 4 is 0 Å². The molecule has 0 amide bonds. The van der Waals surface area contributed by atoms with Crippen LogP contribution in [0.25, 0.3) is 0 Å². The molecule has 1 nitrogen and oxygen atoms in total. The highest BCUT2D eigenvalue weighted by molar-refractivity contribution is 4.64. The zero-order chi connectivity index (χ0) is 6.95. The van der Waals surface area contributed by atoms with Crippen LogP contribution in [0.15, 0.2) is 12.7 Å². The SMILES string of the molecule is C=CCCCCOCC. The van der Waals surface area contributed by atoms with Gasteiger partial charge in [0.05, 0.1) is 0 Å². The number of allylic oxidation sites excluding steroid dienone is 1. The molecule has 1 heteroatoms. The molecular formula is C8H16O. The lowest BCUT2D eigenvalue weighted by Crippen LogP contribution is -1.91. The lowest BCUT2D eigenvalue weighted by atomic mass is 10.2. The van der Waals surface area contributed by atoms with E-state index in [1.165, 1.54) is 12.8 Å². The highest BCUT2D eigenvalue weighted by atomic mass is 16.5. The predicted molar refractivity (Wildman–Crippen MR) is 40.5 cm³/mol. The topological polar surface area (TPSA) is 9.23 Å². The summed E-state index contributed by atoms with van der Waals surface area (Å²) in [6.45, 7) is 7.41. The fourth-order valence-electron chi connectivity index (χ4n) is 0.637. The Morgan fingerprint density at radius 3 is 2.78 bits per heavy atom. The Kier molecular flexibility index (Phi) is 7.44. The molecule has 0 aliphatic heterocycles. The maximum Gasteiger partial charge on any atom is 0.0466 e. The summed E-state index contributed by atoms with van der Waals surface area (Å²) >= 11 is 0. The Hall–Kier alpha value is -0.300. The average molecular weight is 128 g/mol. The number of unbranched alkanes of at least 4 members (excludes halogenated alkanes) is 2.